The summed E-state index contributed by atoms with van der Waals surface area (Å²) in [6, 6.07) is 10.1. The van der Waals surface area contributed by atoms with Gasteiger partial charge in [-0.05, 0) is 50.2 Å². The molecule has 0 aromatic heterocycles. The molecule has 4 nitrogen and oxygen atoms in total. The average molecular weight is 368 g/mol. The largest absolute Gasteiger partial charge is 0.496 e. The molecule has 2 rings (SSSR count). The van der Waals surface area contributed by atoms with E-state index in [1.165, 1.54) is 0 Å². The zero-order chi connectivity index (χ0) is 17.7. The molecule has 128 valence electrons. The van der Waals surface area contributed by atoms with E-state index in [-0.39, 0.29) is 12.0 Å². The van der Waals surface area contributed by atoms with Gasteiger partial charge in [0.25, 0.3) is 5.91 Å². The summed E-state index contributed by atoms with van der Waals surface area (Å²) in [6.45, 7) is 4.27. The Morgan fingerprint density at radius 1 is 1.12 bits per heavy atom. The minimum Gasteiger partial charge on any atom is -0.496 e. The second kappa shape index (κ2) is 8.38. The highest BCUT2D eigenvalue weighted by atomic mass is 35.5. The van der Waals surface area contributed by atoms with Crippen LogP contribution in [0.15, 0.2) is 36.4 Å². The lowest BCUT2D eigenvalue weighted by Gasteiger charge is -2.13. The van der Waals surface area contributed by atoms with E-state index >= 15 is 0 Å². The van der Waals surface area contributed by atoms with Crippen molar-refractivity contribution in [2.24, 2.45) is 0 Å². The molecule has 0 heterocycles. The lowest BCUT2D eigenvalue weighted by atomic mass is 10.1. The fraction of sp³-hybridized carbons (Fsp3) is 0.278. The van der Waals surface area contributed by atoms with Crippen molar-refractivity contribution in [3.63, 3.8) is 0 Å². The number of anilines is 1. The molecule has 1 amide bonds. The van der Waals surface area contributed by atoms with Gasteiger partial charge >= 0.3 is 0 Å². The number of nitrogens with one attached hydrogen (secondary N) is 1. The van der Waals surface area contributed by atoms with Crippen molar-refractivity contribution in [3.8, 4) is 5.75 Å². The molecule has 0 atom stereocenters. The van der Waals surface area contributed by atoms with Crippen molar-refractivity contribution in [3.05, 3.63) is 57.6 Å². The van der Waals surface area contributed by atoms with Gasteiger partial charge in [-0.2, -0.15) is 0 Å². The van der Waals surface area contributed by atoms with Crippen LogP contribution in [-0.2, 0) is 11.3 Å². The topological polar surface area (TPSA) is 47.6 Å². The Labute approximate surface area is 151 Å². The van der Waals surface area contributed by atoms with E-state index in [4.69, 9.17) is 32.7 Å². The molecule has 0 aliphatic heterocycles. The molecule has 6 heteroatoms. The van der Waals surface area contributed by atoms with Gasteiger partial charge in [0.15, 0.2) is 0 Å². The molecule has 2 aromatic rings. The van der Waals surface area contributed by atoms with Crippen molar-refractivity contribution >= 4 is 34.8 Å². The van der Waals surface area contributed by atoms with Crippen molar-refractivity contribution in [1.82, 2.24) is 0 Å². The number of benzene rings is 2. The molecule has 0 unspecified atom stereocenters. The van der Waals surface area contributed by atoms with Crippen LogP contribution in [0.3, 0.4) is 0 Å². The smallest absolute Gasteiger partial charge is 0.255 e. The molecule has 0 aliphatic rings. The maximum Gasteiger partial charge on any atom is 0.255 e. The van der Waals surface area contributed by atoms with Gasteiger partial charge in [-0.3, -0.25) is 4.79 Å². The highest BCUT2D eigenvalue weighted by Crippen LogP contribution is 2.25. The first kappa shape index (κ1) is 18.6. The van der Waals surface area contributed by atoms with Gasteiger partial charge in [-0.25, -0.2) is 0 Å². The molecule has 0 spiro atoms. The molecule has 2 aromatic carbocycles. The van der Waals surface area contributed by atoms with Crippen LogP contribution in [-0.4, -0.2) is 19.1 Å². The summed E-state index contributed by atoms with van der Waals surface area (Å²) in [4.78, 5) is 12.4. The molecule has 0 radical (unpaired) electrons. The van der Waals surface area contributed by atoms with Crippen LogP contribution in [0.2, 0.25) is 10.0 Å². The zero-order valence-electron chi connectivity index (χ0n) is 13.7. The highest BCUT2D eigenvalue weighted by Gasteiger charge is 2.12. The number of methoxy groups -OCH3 is 1. The van der Waals surface area contributed by atoms with Gasteiger partial charge in [-0.1, -0.05) is 23.2 Å². The van der Waals surface area contributed by atoms with Gasteiger partial charge < -0.3 is 14.8 Å². The first-order valence-electron chi connectivity index (χ1n) is 7.45. The number of carbonyl (C=O) groups excluding carboxylic acids is 1. The summed E-state index contributed by atoms with van der Waals surface area (Å²) in [5.41, 5.74) is 1.84. The van der Waals surface area contributed by atoms with Crippen LogP contribution in [0.5, 0.6) is 5.75 Å². The van der Waals surface area contributed by atoms with Crippen LogP contribution in [0.1, 0.15) is 29.8 Å². The number of ether oxygens (including phenoxy) is 2. The summed E-state index contributed by atoms with van der Waals surface area (Å²) in [6.07, 6.45) is 0.0841. The van der Waals surface area contributed by atoms with Gasteiger partial charge in [0.2, 0.25) is 0 Å². The van der Waals surface area contributed by atoms with E-state index in [9.17, 15) is 4.79 Å². The third-order valence-corrected chi connectivity index (χ3v) is 3.67. The molecule has 0 bridgehead atoms. The Morgan fingerprint density at radius 3 is 2.38 bits per heavy atom. The van der Waals surface area contributed by atoms with Crippen molar-refractivity contribution in [2.75, 3.05) is 12.4 Å². The Kier molecular flexibility index (Phi) is 6.49. The summed E-state index contributed by atoms with van der Waals surface area (Å²) >= 11 is 11.9. The second-order valence-electron chi connectivity index (χ2n) is 5.50. The molecule has 0 aliphatic carbocycles. The van der Waals surface area contributed by atoms with Crippen LogP contribution < -0.4 is 10.1 Å². The number of amides is 1. The zero-order valence-corrected chi connectivity index (χ0v) is 15.2. The average Bonchev–Trinajstić information content (AvgIpc) is 2.51. The maximum absolute atomic E-state index is 12.4. The lowest BCUT2D eigenvalue weighted by Crippen LogP contribution is -2.13. The van der Waals surface area contributed by atoms with Crippen LogP contribution in [0, 0.1) is 0 Å². The summed E-state index contributed by atoms with van der Waals surface area (Å²) in [7, 11) is 1.59. The quantitative estimate of drug-likeness (QED) is 0.764. The summed E-state index contributed by atoms with van der Waals surface area (Å²) in [5, 5.41) is 3.69. The van der Waals surface area contributed by atoms with E-state index in [0.717, 1.165) is 5.56 Å². The Bertz CT molecular complexity index is 712. The van der Waals surface area contributed by atoms with Crippen molar-refractivity contribution in [1.29, 1.82) is 0 Å². The van der Waals surface area contributed by atoms with E-state index in [0.29, 0.717) is 33.7 Å². The lowest BCUT2D eigenvalue weighted by molar-refractivity contribution is 0.0644. The SMILES string of the molecule is COc1ccc(C(=O)Nc2cc(Cl)cc(Cl)c2)cc1COC(C)C. The third kappa shape index (κ3) is 5.13. The van der Waals surface area contributed by atoms with Crippen LogP contribution in [0.4, 0.5) is 5.69 Å². The molecule has 0 fully saturated rings. The monoisotopic (exact) mass is 367 g/mol. The predicted octanol–water partition coefficient (Wildman–Crippen LogP) is 5.18. The van der Waals surface area contributed by atoms with Gasteiger partial charge in [-0.15, -0.1) is 0 Å². The van der Waals surface area contributed by atoms with Crippen LogP contribution >= 0.6 is 23.2 Å². The second-order valence-corrected chi connectivity index (χ2v) is 6.37. The molecular formula is C18H19Cl2NO3. The van der Waals surface area contributed by atoms with E-state index in [2.05, 4.69) is 5.32 Å². The molecule has 0 saturated heterocycles. The third-order valence-electron chi connectivity index (χ3n) is 3.24. The number of halogens is 2. The molecule has 24 heavy (non-hydrogen) atoms. The Balaban J connectivity index is 2.20. The van der Waals surface area contributed by atoms with Crippen molar-refractivity contribution in [2.45, 2.75) is 26.6 Å². The number of hydrogen-bond acceptors (Lipinski definition) is 3. The highest BCUT2D eigenvalue weighted by molar-refractivity contribution is 6.35. The minimum absolute atomic E-state index is 0.0841. The summed E-state index contributed by atoms with van der Waals surface area (Å²) in [5.74, 6) is 0.416. The van der Waals surface area contributed by atoms with Gasteiger partial charge in [0.1, 0.15) is 5.75 Å². The minimum atomic E-state index is -0.262. The fourth-order valence-corrected chi connectivity index (χ4v) is 2.64. The number of rotatable bonds is 6. The Hall–Kier alpha value is -1.75. The standard InChI is InChI=1S/C18H19Cl2NO3/c1-11(2)24-10-13-6-12(4-5-17(13)23-3)18(22)21-16-8-14(19)7-15(20)9-16/h4-9,11H,10H2,1-3H3,(H,21,22). The van der Waals surface area contributed by atoms with Gasteiger partial charge in [0, 0.05) is 26.9 Å². The Morgan fingerprint density at radius 2 is 1.79 bits per heavy atom. The number of carbonyl (C=O) groups is 1. The van der Waals surface area contributed by atoms with Crippen molar-refractivity contribution < 1.29 is 14.3 Å². The maximum atomic E-state index is 12.4. The molecule has 0 saturated carbocycles. The van der Waals surface area contributed by atoms with Gasteiger partial charge in [0.05, 0.1) is 19.8 Å². The fourth-order valence-electron chi connectivity index (χ4n) is 2.12. The normalized spacial score (nSPS) is 10.8. The van der Waals surface area contributed by atoms with E-state index < -0.39 is 0 Å². The first-order valence-corrected chi connectivity index (χ1v) is 8.20. The molecular weight excluding hydrogens is 349 g/mol. The number of hydrogen-bond donors (Lipinski definition) is 1. The summed E-state index contributed by atoms with van der Waals surface area (Å²) < 4.78 is 10.9. The first-order chi connectivity index (χ1) is 11.4. The van der Waals surface area contributed by atoms with E-state index in [1.807, 2.05) is 13.8 Å². The molecule has 1 N–H and O–H groups in total. The van der Waals surface area contributed by atoms with E-state index in [1.54, 1.807) is 43.5 Å². The van der Waals surface area contributed by atoms with Crippen LogP contribution in [0.25, 0.3) is 0 Å². The predicted molar refractivity (Wildman–Crippen MR) is 97.3 cm³/mol.